The highest BCUT2D eigenvalue weighted by Crippen LogP contribution is 2.29. The summed E-state index contributed by atoms with van der Waals surface area (Å²) in [5, 5.41) is 7.48. The Balaban J connectivity index is 1.92. The molecule has 0 heterocycles. The number of hydrogen-bond acceptors (Lipinski definition) is 3. The van der Waals surface area contributed by atoms with E-state index in [2.05, 4.69) is 0 Å². The minimum Gasteiger partial charge on any atom is -0.489 e. The molecule has 2 rings (SSSR count). The van der Waals surface area contributed by atoms with Gasteiger partial charge in [0.05, 0.1) is 0 Å². The fourth-order valence-electron chi connectivity index (χ4n) is 1.52. The molecule has 2 aromatic carbocycles. The summed E-state index contributed by atoms with van der Waals surface area (Å²) in [5.41, 5.74) is 1.08. The van der Waals surface area contributed by atoms with Gasteiger partial charge in [-0.25, -0.2) is 0 Å². The molecule has 0 atom stereocenters. The lowest BCUT2D eigenvalue weighted by Gasteiger charge is -2.13. The van der Waals surface area contributed by atoms with Crippen molar-refractivity contribution in [2.75, 3.05) is 0 Å². The van der Waals surface area contributed by atoms with Gasteiger partial charge < -0.3 is 9.47 Å². The Morgan fingerprint density at radius 2 is 1.48 bits per heavy atom. The Hall–Kier alpha value is -1.42. The number of nitrogens with one attached hydrogen (secondary N) is 1. The molecule has 0 aliphatic rings. The van der Waals surface area contributed by atoms with Gasteiger partial charge in [-0.2, -0.15) is 0 Å². The topological polar surface area (TPSA) is 42.3 Å². The zero-order valence-electron chi connectivity index (χ0n) is 10.9. The van der Waals surface area contributed by atoms with Crippen molar-refractivity contribution in [2.45, 2.75) is 10.4 Å². The molecule has 0 spiro atoms. The Kier molecular flexibility index (Phi) is 5.34. The SMILES string of the molecule is N=C(Oc1ccc(OCc2ccccc2)cc1)C(Cl)(Cl)Cl. The number of benzene rings is 2. The predicted octanol–water partition coefficient (Wildman–Crippen LogP) is 4.99. The van der Waals surface area contributed by atoms with Crippen LogP contribution < -0.4 is 9.47 Å². The van der Waals surface area contributed by atoms with Crippen molar-refractivity contribution in [3.63, 3.8) is 0 Å². The maximum Gasteiger partial charge on any atom is 0.266 e. The predicted molar refractivity (Wildman–Crippen MR) is 85.9 cm³/mol. The zero-order valence-corrected chi connectivity index (χ0v) is 13.1. The molecule has 110 valence electrons. The van der Waals surface area contributed by atoms with Crippen LogP contribution in [-0.2, 0) is 6.61 Å². The van der Waals surface area contributed by atoms with Crippen molar-refractivity contribution in [1.29, 1.82) is 5.41 Å². The highest BCUT2D eigenvalue weighted by atomic mass is 35.6. The molecule has 0 fully saturated rings. The molecule has 1 N–H and O–H groups in total. The van der Waals surface area contributed by atoms with E-state index in [-0.39, 0.29) is 0 Å². The molecule has 0 aliphatic carbocycles. The molecule has 0 saturated heterocycles. The Labute approximate surface area is 137 Å². The second-order valence-electron chi connectivity index (χ2n) is 4.17. The Morgan fingerprint density at radius 1 is 0.905 bits per heavy atom. The summed E-state index contributed by atoms with van der Waals surface area (Å²) < 4.78 is 8.89. The van der Waals surface area contributed by atoms with Gasteiger partial charge >= 0.3 is 0 Å². The first kappa shape index (κ1) is 16.0. The van der Waals surface area contributed by atoms with E-state index in [1.165, 1.54) is 0 Å². The summed E-state index contributed by atoms with van der Waals surface area (Å²) in [6.07, 6.45) is 0. The lowest BCUT2D eigenvalue weighted by molar-refractivity contribution is 0.306. The first-order valence-corrected chi connectivity index (χ1v) is 7.19. The maximum atomic E-state index is 7.48. The van der Waals surface area contributed by atoms with Crippen molar-refractivity contribution in [2.24, 2.45) is 0 Å². The fourth-order valence-corrected chi connectivity index (χ4v) is 1.64. The van der Waals surface area contributed by atoms with E-state index in [0.29, 0.717) is 18.1 Å². The molecule has 0 saturated carbocycles. The van der Waals surface area contributed by atoms with Gasteiger partial charge in [-0.05, 0) is 29.8 Å². The molecule has 0 unspecified atom stereocenters. The molecule has 0 radical (unpaired) electrons. The van der Waals surface area contributed by atoms with Crippen molar-refractivity contribution < 1.29 is 9.47 Å². The monoisotopic (exact) mass is 343 g/mol. The summed E-state index contributed by atoms with van der Waals surface area (Å²) in [4.78, 5) is 0. The highest BCUT2D eigenvalue weighted by Gasteiger charge is 2.29. The van der Waals surface area contributed by atoms with Gasteiger partial charge in [0, 0.05) is 0 Å². The number of ether oxygens (including phenoxy) is 2. The van der Waals surface area contributed by atoms with E-state index >= 15 is 0 Å². The molecule has 0 aromatic heterocycles. The molecule has 3 nitrogen and oxygen atoms in total. The van der Waals surface area contributed by atoms with Crippen LogP contribution >= 0.6 is 34.8 Å². The quantitative estimate of drug-likeness (QED) is 0.482. The number of alkyl halides is 3. The molecule has 2 aromatic rings. The second-order valence-corrected chi connectivity index (χ2v) is 6.46. The van der Waals surface area contributed by atoms with E-state index in [9.17, 15) is 0 Å². The van der Waals surface area contributed by atoms with Crippen LogP contribution in [0.3, 0.4) is 0 Å². The van der Waals surface area contributed by atoms with Crippen LogP contribution in [-0.4, -0.2) is 9.69 Å². The van der Waals surface area contributed by atoms with Gasteiger partial charge in [-0.1, -0.05) is 65.1 Å². The zero-order chi connectivity index (χ0) is 15.3. The van der Waals surface area contributed by atoms with Crippen molar-refractivity contribution >= 4 is 40.7 Å². The van der Waals surface area contributed by atoms with E-state index in [1.54, 1.807) is 24.3 Å². The molecule has 21 heavy (non-hydrogen) atoms. The summed E-state index contributed by atoms with van der Waals surface area (Å²) in [5.74, 6) is 0.635. The smallest absolute Gasteiger partial charge is 0.266 e. The van der Waals surface area contributed by atoms with E-state index < -0.39 is 9.69 Å². The van der Waals surface area contributed by atoms with Crippen LogP contribution in [0.25, 0.3) is 0 Å². The number of rotatable bonds is 4. The molecule has 0 bridgehead atoms. The Bertz CT molecular complexity index is 595. The minimum atomic E-state index is -1.87. The fraction of sp³-hybridized carbons (Fsp3) is 0.133. The summed E-state index contributed by atoms with van der Waals surface area (Å²) in [6, 6.07) is 16.6. The van der Waals surface area contributed by atoms with Crippen molar-refractivity contribution in [3.8, 4) is 11.5 Å². The molecular formula is C15H12Cl3NO2. The average molecular weight is 345 g/mol. The third-order valence-electron chi connectivity index (χ3n) is 2.55. The standard InChI is InChI=1S/C15H12Cl3NO2/c16-15(17,18)14(19)21-13-8-6-12(7-9-13)20-10-11-4-2-1-3-5-11/h1-9,19H,10H2. The Morgan fingerprint density at radius 3 is 2.05 bits per heavy atom. The van der Waals surface area contributed by atoms with Crippen molar-refractivity contribution in [3.05, 3.63) is 60.2 Å². The number of halogens is 3. The first-order valence-electron chi connectivity index (χ1n) is 6.05. The van der Waals surface area contributed by atoms with Crippen molar-refractivity contribution in [1.82, 2.24) is 0 Å². The number of hydrogen-bond donors (Lipinski definition) is 1. The van der Waals surface area contributed by atoms with Gasteiger partial charge in [0.2, 0.25) is 5.90 Å². The first-order chi connectivity index (χ1) is 9.95. The van der Waals surface area contributed by atoms with Gasteiger partial charge in [0.1, 0.15) is 18.1 Å². The van der Waals surface area contributed by atoms with Crippen LogP contribution in [0.15, 0.2) is 54.6 Å². The van der Waals surface area contributed by atoms with E-state index in [0.717, 1.165) is 5.56 Å². The van der Waals surface area contributed by atoms with Crippen LogP contribution in [0, 0.1) is 5.41 Å². The largest absolute Gasteiger partial charge is 0.489 e. The molecular weight excluding hydrogens is 333 g/mol. The lowest BCUT2D eigenvalue weighted by atomic mass is 10.2. The molecule has 0 amide bonds. The van der Waals surface area contributed by atoms with Gasteiger partial charge in [0.15, 0.2) is 0 Å². The third-order valence-corrected chi connectivity index (χ3v) is 3.06. The highest BCUT2D eigenvalue weighted by molar-refractivity contribution is 6.76. The molecule has 6 heteroatoms. The minimum absolute atomic E-state index is 0.401. The normalized spacial score (nSPS) is 11.0. The summed E-state index contributed by atoms with van der Waals surface area (Å²) >= 11 is 16.6. The maximum absolute atomic E-state index is 7.48. The summed E-state index contributed by atoms with van der Waals surface area (Å²) in [6.45, 7) is 0.477. The van der Waals surface area contributed by atoms with Gasteiger partial charge in [0.25, 0.3) is 3.79 Å². The van der Waals surface area contributed by atoms with Crippen LogP contribution in [0.2, 0.25) is 0 Å². The van der Waals surface area contributed by atoms with E-state index in [1.807, 2.05) is 30.3 Å². The average Bonchev–Trinajstić information content (AvgIpc) is 2.46. The van der Waals surface area contributed by atoms with Gasteiger partial charge in [-0.3, -0.25) is 5.41 Å². The van der Waals surface area contributed by atoms with Crippen LogP contribution in [0.5, 0.6) is 11.5 Å². The summed E-state index contributed by atoms with van der Waals surface area (Å²) in [7, 11) is 0. The molecule has 0 aliphatic heterocycles. The van der Waals surface area contributed by atoms with Gasteiger partial charge in [-0.15, -0.1) is 0 Å². The second kappa shape index (κ2) is 7.03. The lowest BCUT2D eigenvalue weighted by Crippen LogP contribution is -2.23. The van der Waals surface area contributed by atoms with Crippen LogP contribution in [0.1, 0.15) is 5.56 Å². The van der Waals surface area contributed by atoms with E-state index in [4.69, 9.17) is 49.7 Å². The third kappa shape index (κ3) is 5.12. The van der Waals surface area contributed by atoms with Crippen LogP contribution in [0.4, 0.5) is 0 Å².